The molecule has 1 N–H and O–H groups in total. The Morgan fingerprint density at radius 2 is 1.70 bits per heavy atom. The van der Waals surface area contributed by atoms with Gasteiger partial charge in [0.2, 0.25) is 0 Å². The number of carbonyl (C=O) groups excluding carboxylic acids is 1. The van der Waals surface area contributed by atoms with Crippen LogP contribution >= 0.6 is 0 Å². The van der Waals surface area contributed by atoms with Gasteiger partial charge in [0.05, 0.1) is 13.2 Å². The standard InChI is InChI=1S/C21H25N3O3/c25-20(22-18-6-5-16-3-1-2-4-17(16)13-18)24-14-19(15-24)23-9-7-21(8-10-23)26-11-12-27-21/h1-6,13,19H,7-12,14-15H2,(H,22,25). The van der Waals surface area contributed by atoms with Crippen LogP contribution in [0.15, 0.2) is 42.5 Å². The summed E-state index contributed by atoms with van der Waals surface area (Å²) in [6.07, 6.45) is 1.85. The summed E-state index contributed by atoms with van der Waals surface area (Å²) in [6.45, 7) is 4.95. The number of nitrogens with one attached hydrogen (secondary N) is 1. The zero-order valence-corrected chi connectivity index (χ0v) is 15.4. The number of amides is 2. The van der Waals surface area contributed by atoms with E-state index in [1.165, 1.54) is 5.39 Å². The van der Waals surface area contributed by atoms with Gasteiger partial charge in [0.25, 0.3) is 0 Å². The third kappa shape index (κ3) is 3.29. The van der Waals surface area contributed by atoms with Crippen molar-refractivity contribution < 1.29 is 14.3 Å². The highest BCUT2D eigenvalue weighted by Crippen LogP contribution is 2.33. The molecule has 3 saturated heterocycles. The predicted octanol–water partition coefficient (Wildman–Crippen LogP) is 2.89. The molecule has 2 amide bonds. The van der Waals surface area contributed by atoms with Crippen LogP contribution in [0.1, 0.15) is 12.8 Å². The molecule has 3 fully saturated rings. The Hall–Kier alpha value is -2.15. The number of hydrogen-bond donors (Lipinski definition) is 1. The molecule has 3 aliphatic rings. The van der Waals surface area contributed by atoms with E-state index >= 15 is 0 Å². The first-order chi connectivity index (χ1) is 13.2. The largest absolute Gasteiger partial charge is 0.347 e. The molecule has 0 aliphatic carbocycles. The first kappa shape index (κ1) is 17.0. The number of benzene rings is 2. The lowest BCUT2D eigenvalue weighted by Gasteiger charge is -2.48. The van der Waals surface area contributed by atoms with E-state index < -0.39 is 0 Å². The molecule has 0 aromatic heterocycles. The van der Waals surface area contributed by atoms with Gasteiger partial charge in [0.1, 0.15) is 0 Å². The van der Waals surface area contributed by atoms with Crippen molar-refractivity contribution >= 4 is 22.5 Å². The zero-order chi connectivity index (χ0) is 18.3. The number of carbonyl (C=O) groups is 1. The number of likely N-dealkylation sites (tertiary alicyclic amines) is 2. The topological polar surface area (TPSA) is 54.0 Å². The monoisotopic (exact) mass is 367 g/mol. The van der Waals surface area contributed by atoms with Crippen LogP contribution in [0.2, 0.25) is 0 Å². The van der Waals surface area contributed by atoms with Gasteiger partial charge in [-0.2, -0.15) is 0 Å². The third-order valence-corrected chi connectivity index (χ3v) is 6.04. The van der Waals surface area contributed by atoms with E-state index in [-0.39, 0.29) is 11.8 Å². The van der Waals surface area contributed by atoms with Gasteiger partial charge in [0.15, 0.2) is 5.79 Å². The molecule has 0 unspecified atom stereocenters. The van der Waals surface area contributed by atoms with Crippen molar-refractivity contribution in [2.75, 3.05) is 44.7 Å². The average Bonchev–Trinajstić information content (AvgIpc) is 3.10. The molecule has 6 heteroatoms. The van der Waals surface area contributed by atoms with Crippen LogP contribution in [-0.4, -0.2) is 67.1 Å². The maximum absolute atomic E-state index is 12.5. The summed E-state index contributed by atoms with van der Waals surface area (Å²) in [5, 5.41) is 5.34. The van der Waals surface area contributed by atoms with Gasteiger partial charge in [-0.3, -0.25) is 4.90 Å². The van der Waals surface area contributed by atoms with Crippen LogP contribution in [0.5, 0.6) is 0 Å². The van der Waals surface area contributed by atoms with E-state index in [9.17, 15) is 4.79 Å². The van der Waals surface area contributed by atoms with Crippen molar-refractivity contribution in [1.29, 1.82) is 0 Å². The normalized spacial score (nSPS) is 22.9. The fraction of sp³-hybridized carbons (Fsp3) is 0.476. The van der Waals surface area contributed by atoms with Crippen LogP contribution in [0, 0.1) is 0 Å². The molecular weight excluding hydrogens is 342 g/mol. The maximum Gasteiger partial charge on any atom is 0.321 e. The highest BCUT2D eigenvalue weighted by Gasteiger charge is 2.43. The van der Waals surface area contributed by atoms with Crippen LogP contribution in [0.4, 0.5) is 10.5 Å². The lowest BCUT2D eigenvalue weighted by molar-refractivity contribution is -0.190. The molecule has 3 heterocycles. The molecule has 0 saturated carbocycles. The second-order valence-corrected chi connectivity index (χ2v) is 7.69. The first-order valence-electron chi connectivity index (χ1n) is 9.78. The number of nitrogens with zero attached hydrogens (tertiary/aromatic N) is 2. The summed E-state index contributed by atoms with van der Waals surface area (Å²) < 4.78 is 11.6. The van der Waals surface area contributed by atoms with Crippen LogP contribution < -0.4 is 5.32 Å². The van der Waals surface area contributed by atoms with Gasteiger partial charge in [-0.1, -0.05) is 30.3 Å². The number of ether oxygens (including phenoxy) is 2. The van der Waals surface area contributed by atoms with E-state index in [0.717, 1.165) is 50.1 Å². The first-order valence-corrected chi connectivity index (χ1v) is 9.78. The number of hydrogen-bond acceptors (Lipinski definition) is 4. The fourth-order valence-corrected chi connectivity index (χ4v) is 4.34. The predicted molar refractivity (Wildman–Crippen MR) is 104 cm³/mol. The van der Waals surface area contributed by atoms with Crippen molar-refractivity contribution in [1.82, 2.24) is 9.80 Å². The number of anilines is 1. The van der Waals surface area contributed by atoms with Gasteiger partial charge in [-0.05, 0) is 22.9 Å². The fourth-order valence-electron chi connectivity index (χ4n) is 4.34. The van der Waals surface area contributed by atoms with Crippen LogP contribution in [-0.2, 0) is 9.47 Å². The van der Waals surface area contributed by atoms with E-state index in [1.54, 1.807) is 0 Å². The Kier molecular flexibility index (Phi) is 4.27. The van der Waals surface area contributed by atoms with E-state index in [4.69, 9.17) is 9.47 Å². The van der Waals surface area contributed by atoms with Crippen molar-refractivity contribution in [2.45, 2.75) is 24.7 Å². The molecule has 3 aliphatic heterocycles. The average molecular weight is 367 g/mol. The Balaban J connectivity index is 1.13. The van der Waals surface area contributed by atoms with Crippen molar-refractivity contribution in [3.63, 3.8) is 0 Å². The van der Waals surface area contributed by atoms with Gasteiger partial charge >= 0.3 is 6.03 Å². The van der Waals surface area contributed by atoms with E-state index in [2.05, 4.69) is 22.3 Å². The van der Waals surface area contributed by atoms with Crippen molar-refractivity contribution in [2.24, 2.45) is 0 Å². The Morgan fingerprint density at radius 1 is 1.00 bits per heavy atom. The Labute approximate surface area is 159 Å². The number of rotatable bonds is 2. The van der Waals surface area contributed by atoms with Crippen molar-refractivity contribution in [3.8, 4) is 0 Å². The van der Waals surface area contributed by atoms with E-state index in [1.807, 2.05) is 35.2 Å². The lowest BCUT2D eigenvalue weighted by atomic mass is 9.99. The molecule has 5 rings (SSSR count). The maximum atomic E-state index is 12.5. The van der Waals surface area contributed by atoms with Gasteiger partial charge in [0, 0.05) is 50.7 Å². The van der Waals surface area contributed by atoms with Crippen LogP contribution in [0.3, 0.4) is 0 Å². The molecule has 27 heavy (non-hydrogen) atoms. The molecule has 0 atom stereocenters. The Morgan fingerprint density at radius 3 is 2.44 bits per heavy atom. The number of fused-ring (bicyclic) bond motifs is 1. The molecule has 0 radical (unpaired) electrons. The number of piperidine rings is 1. The zero-order valence-electron chi connectivity index (χ0n) is 15.4. The summed E-state index contributed by atoms with van der Waals surface area (Å²) >= 11 is 0. The summed E-state index contributed by atoms with van der Waals surface area (Å²) in [5.74, 6) is -0.326. The second kappa shape index (κ2) is 6.78. The van der Waals surface area contributed by atoms with Gasteiger partial charge in [-0.25, -0.2) is 4.79 Å². The van der Waals surface area contributed by atoms with Crippen LogP contribution in [0.25, 0.3) is 10.8 Å². The smallest absolute Gasteiger partial charge is 0.321 e. The molecule has 1 spiro atoms. The third-order valence-electron chi connectivity index (χ3n) is 6.04. The summed E-state index contributed by atoms with van der Waals surface area (Å²) in [4.78, 5) is 16.9. The summed E-state index contributed by atoms with van der Waals surface area (Å²) in [6, 6.07) is 14.6. The molecule has 2 aromatic carbocycles. The highest BCUT2D eigenvalue weighted by molar-refractivity contribution is 5.93. The van der Waals surface area contributed by atoms with E-state index in [0.29, 0.717) is 19.3 Å². The number of urea groups is 1. The molecule has 6 nitrogen and oxygen atoms in total. The second-order valence-electron chi connectivity index (χ2n) is 7.69. The lowest BCUT2D eigenvalue weighted by Crippen LogP contribution is -2.64. The summed E-state index contributed by atoms with van der Waals surface area (Å²) in [5.41, 5.74) is 0.845. The minimum absolute atomic E-state index is 0.0162. The summed E-state index contributed by atoms with van der Waals surface area (Å²) in [7, 11) is 0. The minimum Gasteiger partial charge on any atom is -0.347 e. The minimum atomic E-state index is -0.326. The Bertz CT molecular complexity index is 833. The van der Waals surface area contributed by atoms with Gasteiger partial charge in [-0.15, -0.1) is 0 Å². The van der Waals surface area contributed by atoms with Gasteiger partial charge < -0.3 is 19.7 Å². The molecule has 142 valence electrons. The molecule has 2 aromatic rings. The molecule has 0 bridgehead atoms. The highest BCUT2D eigenvalue weighted by atomic mass is 16.7. The quantitative estimate of drug-likeness (QED) is 0.887. The SMILES string of the molecule is O=C(Nc1ccc2ccccc2c1)N1CC(N2CCC3(CC2)OCCO3)C1. The molecular formula is C21H25N3O3. The van der Waals surface area contributed by atoms with Crippen molar-refractivity contribution in [3.05, 3.63) is 42.5 Å².